The number of halogens is 4. The van der Waals surface area contributed by atoms with Crippen LogP contribution in [-0.4, -0.2) is 29.5 Å². The van der Waals surface area contributed by atoms with Crippen molar-refractivity contribution in [2.45, 2.75) is 45.3 Å². The number of piperidine rings is 1. The zero-order valence-corrected chi connectivity index (χ0v) is 14.6. The predicted molar refractivity (Wildman–Crippen MR) is 87.1 cm³/mol. The Balaban J connectivity index is 2.14. The molecule has 0 spiro atoms. The molecule has 1 unspecified atom stereocenters. The van der Waals surface area contributed by atoms with Crippen LogP contribution in [0.2, 0.25) is 5.02 Å². The van der Waals surface area contributed by atoms with Gasteiger partial charge < -0.3 is 10.2 Å². The molecule has 1 amide bonds. The van der Waals surface area contributed by atoms with Gasteiger partial charge in [-0.1, -0.05) is 11.6 Å². The molecule has 2 rings (SSSR count). The zero-order chi connectivity index (χ0) is 18.1. The predicted octanol–water partition coefficient (Wildman–Crippen LogP) is 3.88. The van der Waals surface area contributed by atoms with Gasteiger partial charge in [0.25, 0.3) is 0 Å². The Kier molecular flexibility index (Phi) is 5.32. The van der Waals surface area contributed by atoms with Gasteiger partial charge in [-0.25, -0.2) is 4.98 Å². The van der Waals surface area contributed by atoms with Gasteiger partial charge in [0.1, 0.15) is 5.82 Å². The molecule has 0 aromatic carbocycles. The van der Waals surface area contributed by atoms with Crippen LogP contribution in [0.3, 0.4) is 0 Å². The Morgan fingerprint density at radius 2 is 2.04 bits per heavy atom. The standard InChI is InChI=1S/C16H21ClF3N3O/c1-15(2,3)22-14(24)10-5-4-6-23(9-10)13-12(17)7-11(8-21-13)16(18,19)20/h7-8,10H,4-6,9H2,1-3H3,(H,22,24). The summed E-state index contributed by atoms with van der Waals surface area (Å²) >= 11 is 6.00. The molecule has 1 aliphatic rings. The Morgan fingerprint density at radius 3 is 2.58 bits per heavy atom. The van der Waals surface area contributed by atoms with Crippen LogP contribution in [0.1, 0.15) is 39.2 Å². The highest BCUT2D eigenvalue weighted by molar-refractivity contribution is 6.33. The van der Waals surface area contributed by atoms with Crippen LogP contribution in [0.5, 0.6) is 0 Å². The normalized spacial score (nSPS) is 19.3. The molecule has 1 aromatic heterocycles. The van der Waals surface area contributed by atoms with Crippen LogP contribution in [0.4, 0.5) is 19.0 Å². The molecule has 0 aliphatic carbocycles. The van der Waals surface area contributed by atoms with Gasteiger partial charge in [-0.3, -0.25) is 4.79 Å². The van der Waals surface area contributed by atoms with E-state index in [-0.39, 0.29) is 28.2 Å². The van der Waals surface area contributed by atoms with Crippen molar-refractivity contribution in [3.8, 4) is 0 Å². The number of hydrogen-bond donors (Lipinski definition) is 1. The van der Waals surface area contributed by atoms with Gasteiger partial charge in [0, 0.05) is 24.8 Å². The van der Waals surface area contributed by atoms with E-state index in [0.717, 1.165) is 25.1 Å². The first-order valence-corrected chi connectivity index (χ1v) is 8.15. The number of rotatable bonds is 2. The molecule has 1 saturated heterocycles. The lowest BCUT2D eigenvalue weighted by Crippen LogP contribution is -2.49. The van der Waals surface area contributed by atoms with Crippen LogP contribution in [0, 0.1) is 5.92 Å². The minimum atomic E-state index is -4.48. The van der Waals surface area contributed by atoms with Crippen LogP contribution < -0.4 is 10.2 Å². The van der Waals surface area contributed by atoms with E-state index in [9.17, 15) is 18.0 Å². The number of anilines is 1. The number of nitrogens with one attached hydrogen (secondary N) is 1. The van der Waals surface area contributed by atoms with E-state index in [2.05, 4.69) is 10.3 Å². The van der Waals surface area contributed by atoms with Gasteiger partial charge in [-0.05, 0) is 39.7 Å². The molecule has 0 saturated carbocycles. The van der Waals surface area contributed by atoms with Crippen molar-refractivity contribution in [2.75, 3.05) is 18.0 Å². The zero-order valence-electron chi connectivity index (χ0n) is 13.9. The van der Waals surface area contributed by atoms with Crippen molar-refractivity contribution in [3.63, 3.8) is 0 Å². The molecule has 0 bridgehead atoms. The number of hydrogen-bond acceptors (Lipinski definition) is 3. The van der Waals surface area contributed by atoms with E-state index in [1.54, 1.807) is 4.90 Å². The number of aromatic nitrogens is 1. The molecule has 1 atom stereocenters. The summed E-state index contributed by atoms with van der Waals surface area (Å²) in [5, 5.41) is 2.88. The summed E-state index contributed by atoms with van der Waals surface area (Å²) < 4.78 is 38.1. The SMILES string of the molecule is CC(C)(C)NC(=O)C1CCCN(c2ncc(C(F)(F)F)cc2Cl)C1. The number of amides is 1. The molecule has 1 aliphatic heterocycles. The highest BCUT2D eigenvalue weighted by Gasteiger charge is 2.33. The van der Waals surface area contributed by atoms with Crippen molar-refractivity contribution < 1.29 is 18.0 Å². The third-order valence-corrected chi connectivity index (χ3v) is 4.02. The molecule has 1 N–H and O–H groups in total. The fraction of sp³-hybridized carbons (Fsp3) is 0.625. The average molecular weight is 364 g/mol. The van der Waals surface area contributed by atoms with Crippen LogP contribution in [-0.2, 0) is 11.0 Å². The average Bonchev–Trinajstić information content (AvgIpc) is 2.44. The van der Waals surface area contributed by atoms with E-state index >= 15 is 0 Å². The Labute approximate surface area is 144 Å². The number of nitrogens with zero attached hydrogens (tertiary/aromatic N) is 2. The second-order valence-electron chi connectivity index (χ2n) is 7.05. The van der Waals surface area contributed by atoms with E-state index in [1.165, 1.54) is 0 Å². The van der Waals surface area contributed by atoms with Crippen molar-refractivity contribution in [2.24, 2.45) is 5.92 Å². The van der Waals surface area contributed by atoms with E-state index in [4.69, 9.17) is 11.6 Å². The third-order valence-electron chi connectivity index (χ3n) is 3.74. The maximum atomic E-state index is 12.7. The Bertz CT molecular complexity index is 614. The fourth-order valence-electron chi connectivity index (χ4n) is 2.67. The van der Waals surface area contributed by atoms with Gasteiger partial charge >= 0.3 is 6.18 Å². The lowest BCUT2D eigenvalue weighted by atomic mass is 9.95. The summed E-state index contributed by atoms with van der Waals surface area (Å²) in [6.45, 7) is 6.71. The third kappa shape index (κ3) is 4.75. The van der Waals surface area contributed by atoms with Gasteiger partial charge in [-0.15, -0.1) is 0 Å². The van der Waals surface area contributed by atoms with Crippen molar-refractivity contribution in [3.05, 3.63) is 22.8 Å². The lowest BCUT2D eigenvalue weighted by Gasteiger charge is -2.34. The minimum absolute atomic E-state index is 0.0540. The van der Waals surface area contributed by atoms with Gasteiger partial charge in [-0.2, -0.15) is 13.2 Å². The number of carbonyl (C=O) groups is 1. The van der Waals surface area contributed by atoms with E-state index in [1.807, 2.05) is 20.8 Å². The lowest BCUT2D eigenvalue weighted by molar-refractivity contribution is -0.137. The second kappa shape index (κ2) is 6.78. The largest absolute Gasteiger partial charge is 0.417 e. The molecule has 1 fully saturated rings. The molecule has 24 heavy (non-hydrogen) atoms. The smallest absolute Gasteiger partial charge is 0.355 e. The quantitative estimate of drug-likeness (QED) is 0.867. The summed E-state index contributed by atoms with van der Waals surface area (Å²) in [6, 6.07) is 0.878. The number of pyridine rings is 1. The van der Waals surface area contributed by atoms with Gasteiger partial charge in [0.15, 0.2) is 0 Å². The molecule has 134 valence electrons. The summed E-state index contributed by atoms with van der Waals surface area (Å²) in [7, 11) is 0. The first kappa shape index (κ1) is 18.8. The number of alkyl halides is 3. The number of carbonyl (C=O) groups excluding carboxylic acids is 1. The monoisotopic (exact) mass is 363 g/mol. The molecule has 2 heterocycles. The maximum absolute atomic E-state index is 12.7. The Morgan fingerprint density at radius 1 is 1.38 bits per heavy atom. The molecule has 0 radical (unpaired) electrons. The Hall–Kier alpha value is -1.50. The van der Waals surface area contributed by atoms with E-state index < -0.39 is 11.7 Å². The van der Waals surface area contributed by atoms with Crippen molar-refractivity contribution >= 4 is 23.3 Å². The summed E-state index contributed by atoms with van der Waals surface area (Å²) in [5.74, 6) is -0.00806. The molecule has 4 nitrogen and oxygen atoms in total. The molecule has 1 aromatic rings. The molecular formula is C16H21ClF3N3O. The maximum Gasteiger partial charge on any atom is 0.417 e. The summed E-state index contributed by atoms with van der Waals surface area (Å²) in [5.41, 5.74) is -1.21. The summed E-state index contributed by atoms with van der Waals surface area (Å²) in [4.78, 5) is 18.0. The first-order valence-electron chi connectivity index (χ1n) is 7.77. The van der Waals surface area contributed by atoms with E-state index in [0.29, 0.717) is 13.1 Å². The highest BCUT2D eigenvalue weighted by atomic mass is 35.5. The molecular weight excluding hydrogens is 343 g/mol. The van der Waals surface area contributed by atoms with Crippen LogP contribution in [0.25, 0.3) is 0 Å². The van der Waals surface area contributed by atoms with Gasteiger partial charge in [0.05, 0.1) is 16.5 Å². The molecule has 8 heteroatoms. The van der Waals surface area contributed by atoms with Crippen molar-refractivity contribution in [1.82, 2.24) is 10.3 Å². The summed E-state index contributed by atoms with van der Waals surface area (Å²) in [6.07, 6.45) is -2.22. The minimum Gasteiger partial charge on any atom is -0.355 e. The van der Waals surface area contributed by atoms with Gasteiger partial charge in [0.2, 0.25) is 5.91 Å². The highest BCUT2D eigenvalue weighted by Crippen LogP contribution is 2.34. The fourth-order valence-corrected chi connectivity index (χ4v) is 2.96. The van der Waals surface area contributed by atoms with Crippen molar-refractivity contribution in [1.29, 1.82) is 0 Å². The topological polar surface area (TPSA) is 45.2 Å². The first-order chi connectivity index (χ1) is 11.0. The second-order valence-corrected chi connectivity index (χ2v) is 7.46. The van der Waals surface area contributed by atoms with Crippen LogP contribution in [0.15, 0.2) is 12.3 Å². The van der Waals surface area contributed by atoms with Crippen LogP contribution >= 0.6 is 11.6 Å².